The Morgan fingerprint density at radius 1 is 0.367 bits per heavy atom. The van der Waals surface area contributed by atoms with Gasteiger partial charge in [0.2, 0.25) is 0 Å². The van der Waals surface area contributed by atoms with Crippen molar-refractivity contribution in [1.29, 1.82) is 0 Å². The van der Waals surface area contributed by atoms with E-state index in [9.17, 15) is 0 Å². The lowest BCUT2D eigenvalue weighted by Gasteiger charge is -2.39. The number of fused-ring (bicyclic) bond motifs is 14. The summed E-state index contributed by atoms with van der Waals surface area (Å²) in [6, 6.07) is 61.1. The summed E-state index contributed by atoms with van der Waals surface area (Å²) in [4.78, 5) is 0. The molecule has 2 nitrogen and oxygen atoms in total. The second kappa shape index (κ2) is 9.82. The molecule has 0 radical (unpaired) electrons. The molecule has 2 heteroatoms. The maximum Gasteiger partial charge on any atom is 0.136 e. The van der Waals surface area contributed by atoms with Gasteiger partial charge in [0, 0.05) is 21.9 Å². The molecule has 49 heavy (non-hydrogen) atoms. The van der Waals surface area contributed by atoms with Gasteiger partial charge in [-0.1, -0.05) is 140 Å². The van der Waals surface area contributed by atoms with Gasteiger partial charge >= 0.3 is 0 Å². The van der Waals surface area contributed by atoms with Crippen LogP contribution in [0.15, 0.2) is 174 Å². The fourth-order valence-electron chi connectivity index (χ4n) is 8.73. The molecular formula is C47H28O2. The molecule has 0 saturated heterocycles. The predicted octanol–water partition coefficient (Wildman–Crippen LogP) is 12.5. The molecule has 2 aliphatic rings. The van der Waals surface area contributed by atoms with E-state index < -0.39 is 5.41 Å². The third-order valence-corrected chi connectivity index (χ3v) is 10.7. The van der Waals surface area contributed by atoms with E-state index in [4.69, 9.17) is 9.15 Å². The van der Waals surface area contributed by atoms with E-state index in [1.165, 1.54) is 44.2 Å². The number of rotatable bonds is 2. The zero-order chi connectivity index (χ0) is 32.1. The van der Waals surface area contributed by atoms with Crippen LogP contribution in [-0.2, 0) is 5.41 Å². The lowest BCUT2D eigenvalue weighted by molar-refractivity contribution is 0.436. The van der Waals surface area contributed by atoms with Crippen molar-refractivity contribution >= 4 is 32.7 Å². The van der Waals surface area contributed by atoms with E-state index in [1.54, 1.807) is 0 Å². The van der Waals surface area contributed by atoms with Crippen molar-refractivity contribution in [1.82, 2.24) is 0 Å². The first-order valence-corrected chi connectivity index (χ1v) is 16.8. The first kappa shape index (κ1) is 26.7. The van der Waals surface area contributed by atoms with Gasteiger partial charge in [0.25, 0.3) is 0 Å². The maximum absolute atomic E-state index is 6.80. The van der Waals surface area contributed by atoms with Crippen molar-refractivity contribution in [2.75, 3.05) is 0 Å². The van der Waals surface area contributed by atoms with E-state index in [2.05, 4.69) is 170 Å². The monoisotopic (exact) mass is 624 g/mol. The predicted molar refractivity (Wildman–Crippen MR) is 199 cm³/mol. The summed E-state index contributed by atoms with van der Waals surface area (Å²) in [7, 11) is 0. The Bertz CT molecular complexity index is 2770. The van der Waals surface area contributed by atoms with E-state index in [-0.39, 0.29) is 0 Å². The molecular weight excluding hydrogens is 597 g/mol. The van der Waals surface area contributed by atoms with Gasteiger partial charge in [0.05, 0.1) is 5.41 Å². The van der Waals surface area contributed by atoms with Crippen LogP contribution in [0.3, 0.4) is 0 Å². The Morgan fingerprint density at radius 3 is 1.86 bits per heavy atom. The maximum atomic E-state index is 6.80. The Morgan fingerprint density at radius 2 is 1.00 bits per heavy atom. The molecule has 11 rings (SSSR count). The van der Waals surface area contributed by atoms with Crippen LogP contribution in [0, 0.1) is 0 Å². The zero-order valence-corrected chi connectivity index (χ0v) is 26.5. The minimum Gasteiger partial charge on any atom is -0.457 e. The number of hydrogen-bond acceptors (Lipinski definition) is 2. The number of furan rings is 1. The van der Waals surface area contributed by atoms with Crippen LogP contribution in [0.4, 0.5) is 0 Å². The standard InChI is InChI=1S/C47H28O2/c1-2-14-33-29(11-1)24-26-43-45(33)46-34(17-10-22-42(46)49-43)32-13-9-12-30(27-32)31-23-25-40-44(28-31)48-41-21-8-7-20-39(41)47(40)37-18-5-3-15-35(37)36-16-4-6-19-38(36)47/h1-28H. The molecule has 0 amide bonds. The Kier molecular flexibility index (Phi) is 5.34. The highest BCUT2D eigenvalue weighted by Crippen LogP contribution is 2.62. The largest absolute Gasteiger partial charge is 0.457 e. The molecule has 0 atom stereocenters. The van der Waals surface area contributed by atoms with Crippen LogP contribution in [0.2, 0.25) is 0 Å². The second-order valence-electron chi connectivity index (χ2n) is 13.2. The van der Waals surface area contributed by atoms with Crippen LogP contribution in [-0.4, -0.2) is 0 Å². The van der Waals surface area contributed by atoms with Crippen molar-refractivity contribution in [2.45, 2.75) is 5.41 Å². The molecule has 8 aromatic carbocycles. The van der Waals surface area contributed by atoms with Gasteiger partial charge in [-0.3, -0.25) is 0 Å². The van der Waals surface area contributed by atoms with Crippen molar-refractivity contribution in [3.8, 4) is 44.9 Å². The average molecular weight is 625 g/mol. The van der Waals surface area contributed by atoms with E-state index in [0.717, 1.165) is 55.7 Å². The molecule has 1 spiro atoms. The van der Waals surface area contributed by atoms with E-state index in [1.807, 2.05) is 0 Å². The summed E-state index contributed by atoms with van der Waals surface area (Å²) in [5.74, 6) is 1.79. The SMILES string of the molecule is c1cc(-c2ccc3c(c2)Oc2ccccc2C32c3ccccc3-c3ccccc32)cc(-c2cccc3oc4ccc5ccccc5c4c23)c1. The Balaban J connectivity index is 1.11. The Labute approximate surface area is 283 Å². The molecule has 0 saturated carbocycles. The molecule has 0 N–H and O–H groups in total. The minimum atomic E-state index is -0.460. The number of hydrogen-bond donors (Lipinski definition) is 0. The van der Waals surface area contributed by atoms with Crippen LogP contribution < -0.4 is 4.74 Å². The van der Waals surface area contributed by atoms with Gasteiger partial charge in [0.15, 0.2) is 0 Å². The first-order valence-electron chi connectivity index (χ1n) is 16.8. The third kappa shape index (κ3) is 3.55. The fourth-order valence-corrected chi connectivity index (χ4v) is 8.73. The Hall–Kier alpha value is -6.38. The quantitative estimate of drug-likeness (QED) is 0.191. The van der Waals surface area contributed by atoms with Gasteiger partial charge in [-0.25, -0.2) is 0 Å². The fraction of sp³-hybridized carbons (Fsp3) is 0.0213. The van der Waals surface area contributed by atoms with Gasteiger partial charge in [-0.05, 0) is 85.6 Å². The second-order valence-corrected chi connectivity index (χ2v) is 13.2. The lowest BCUT2D eigenvalue weighted by Crippen LogP contribution is -2.32. The van der Waals surface area contributed by atoms with Crippen LogP contribution in [0.5, 0.6) is 11.5 Å². The summed E-state index contributed by atoms with van der Waals surface area (Å²) in [5, 5.41) is 4.73. The molecule has 1 aliphatic carbocycles. The number of para-hydroxylation sites is 1. The zero-order valence-electron chi connectivity index (χ0n) is 26.5. The summed E-state index contributed by atoms with van der Waals surface area (Å²) in [6.07, 6.45) is 0. The van der Waals surface area contributed by atoms with E-state index in [0.29, 0.717) is 0 Å². The lowest BCUT2D eigenvalue weighted by atomic mass is 9.66. The molecule has 1 aromatic heterocycles. The van der Waals surface area contributed by atoms with E-state index >= 15 is 0 Å². The topological polar surface area (TPSA) is 22.4 Å². The molecule has 0 fully saturated rings. The van der Waals surface area contributed by atoms with Crippen LogP contribution >= 0.6 is 0 Å². The van der Waals surface area contributed by atoms with Gasteiger partial charge in [-0.15, -0.1) is 0 Å². The number of ether oxygens (including phenoxy) is 1. The summed E-state index contributed by atoms with van der Waals surface area (Å²) < 4.78 is 13.2. The minimum absolute atomic E-state index is 0.460. The average Bonchev–Trinajstić information content (AvgIpc) is 3.70. The summed E-state index contributed by atoms with van der Waals surface area (Å²) in [6.45, 7) is 0. The van der Waals surface area contributed by atoms with Gasteiger partial charge in [0.1, 0.15) is 22.7 Å². The first-order chi connectivity index (χ1) is 24.3. The van der Waals surface area contributed by atoms with Crippen molar-refractivity contribution in [3.63, 3.8) is 0 Å². The van der Waals surface area contributed by atoms with Gasteiger partial charge < -0.3 is 9.15 Å². The molecule has 2 heterocycles. The molecule has 228 valence electrons. The normalized spacial score (nSPS) is 13.6. The summed E-state index contributed by atoms with van der Waals surface area (Å²) >= 11 is 0. The highest BCUT2D eigenvalue weighted by Gasteiger charge is 2.50. The molecule has 0 bridgehead atoms. The number of benzene rings is 8. The molecule has 0 unspecified atom stereocenters. The van der Waals surface area contributed by atoms with Gasteiger partial charge in [-0.2, -0.15) is 0 Å². The van der Waals surface area contributed by atoms with Crippen molar-refractivity contribution in [2.24, 2.45) is 0 Å². The van der Waals surface area contributed by atoms with Crippen molar-refractivity contribution in [3.05, 3.63) is 192 Å². The molecule has 1 aliphatic heterocycles. The van der Waals surface area contributed by atoms with Crippen LogP contribution in [0.25, 0.3) is 66.1 Å². The smallest absolute Gasteiger partial charge is 0.136 e. The highest BCUT2D eigenvalue weighted by molar-refractivity contribution is 6.22. The third-order valence-electron chi connectivity index (χ3n) is 10.7. The van der Waals surface area contributed by atoms with Crippen molar-refractivity contribution < 1.29 is 9.15 Å². The highest BCUT2D eigenvalue weighted by atomic mass is 16.5. The van der Waals surface area contributed by atoms with Crippen LogP contribution in [0.1, 0.15) is 22.3 Å². The molecule has 9 aromatic rings. The summed E-state index contributed by atoms with van der Waals surface area (Å²) in [5.41, 5.74) is 13.4.